The van der Waals surface area contributed by atoms with Crippen LogP contribution < -0.4 is 10.2 Å². The topological polar surface area (TPSA) is 65.7 Å². The van der Waals surface area contributed by atoms with E-state index in [1.807, 2.05) is 63.2 Å². The first kappa shape index (κ1) is 18.7. The predicted molar refractivity (Wildman–Crippen MR) is 104 cm³/mol. The van der Waals surface area contributed by atoms with E-state index in [-0.39, 0.29) is 23.7 Å². The molecule has 1 aromatic heterocycles. The van der Waals surface area contributed by atoms with Gasteiger partial charge in [-0.25, -0.2) is 4.79 Å². The molecule has 0 spiro atoms. The summed E-state index contributed by atoms with van der Waals surface area (Å²) in [7, 11) is 0. The van der Waals surface area contributed by atoms with E-state index in [2.05, 4.69) is 0 Å². The fourth-order valence-corrected chi connectivity index (χ4v) is 2.63. The Balaban J connectivity index is 2.01. The molecule has 0 atom stereocenters. The van der Waals surface area contributed by atoms with Gasteiger partial charge in [-0.05, 0) is 30.5 Å². The summed E-state index contributed by atoms with van der Waals surface area (Å²) in [6.07, 6.45) is 0. The number of carbonyl (C=O) groups is 1. The van der Waals surface area contributed by atoms with Crippen LogP contribution in [-0.2, 0) is 9.53 Å². The van der Waals surface area contributed by atoms with Gasteiger partial charge in [0.2, 0.25) is 11.2 Å². The molecule has 0 amide bonds. The van der Waals surface area contributed by atoms with Crippen molar-refractivity contribution in [1.82, 2.24) is 0 Å². The second-order valence-corrected chi connectivity index (χ2v) is 6.82. The molecule has 0 unspecified atom stereocenters. The van der Waals surface area contributed by atoms with Crippen LogP contribution in [0.3, 0.4) is 0 Å². The van der Waals surface area contributed by atoms with Crippen molar-refractivity contribution in [2.75, 3.05) is 13.2 Å². The van der Waals surface area contributed by atoms with E-state index in [0.717, 1.165) is 5.56 Å². The highest BCUT2D eigenvalue weighted by Gasteiger charge is 2.19. The Kier molecular flexibility index (Phi) is 5.60. The molecule has 0 radical (unpaired) electrons. The predicted octanol–water partition coefficient (Wildman–Crippen LogP) is 4.35. The second-order valence-electron chi connectivity index (χ2n) is 6.82. The molecule has 3 rings (SSSR count). The van der Waals surface area contributed by atoms with Crippen molar-refractivity contribution in [3.8, 4) is 17.1 Å². The summed E-state index contributed by atoms with van der Waals surface area (Å²) in [5.41, 5.74) is 1.85. The zero-order valence-corrected chi connectivity index (χ0v) is 15.7. The summed E-state index contributed by atoms with van der Waals surface area (Å²) < 4.78 is 16.7. The van der Waals surface area contributed by atoms with Crippen LogP contribution in [0.25, 0.3) is 22.3 Å². The zero-order chi connectivity index (χ0) is 19.4. The van der Waals surface area contributed by atoms with Gasteiger partial charge in [0.1, 0.15) is 5.58 Å². The SMILES string of the molecule is Cc1ccc2c(=O)c(OCC(=O)OCC(C)C)c(-c3ccccc3)oc2c1. The lowest BCUT2D eigenvalue weighted by Crippen LogP contribution is -2.20. The molecular weight excluding hydrogens is 344 g/mol. The van der Waals surface area contributed by atoms with Gasteiger partial charge in [-0.3, -0.25) is 4.79 Å². The average molecular weight is 366 g/mol. The van der Waals surface area contributed by atoms with Gasteiger partial charge in [-0.15, -0.1) is 0 Å². The monoisotopic (exact) mass is 366 g/mol. The molecule has 0 aliphatic carbocycles. The van der Waals surface area contributed by atoms with Gasteiger partial charge < -0.3 is 13.9 Å². The van der Waals surface area contributed by atoms with Crippen molar-refractivity contribution in [2.24, 2.45) is 5.92 Å². The van der Waals surface area contributed by atoms with E-state index in [1.54, 1.807) is 6.07 Å². The Hall–Kier alpha value is -3.08. The molecule has 2 aromatic carbocycles. The summed E-state index contributed by atoms with van der Waals surface area (Å²) in [6.45, 7) is 5.77. The molecular formula is C22H22O5. The molecule has 3 aromatic rings. The fraction of sp³-hybridized carbons (Fsp3) is 0.273. The van der Waals surface area contributed by atoms with Crippen LogP contribution in [0.4, 0.5) is 0 Å². The van der Waals surface area contributed by atoms with E-state index in [0.29, 0.717) is 28.9 Å². The molecule has 5 nitrogen and oxygen atoms in total. The van der Waals surface area contributed by atoms with Gasteiger partial charge in [0.05, 0.1) is 12.0 Å². The van der Waals surface area contributed by atoms with E-state index < -0.39 is 5.97 Å². The smallest absolute Gasteiger partial charge is 0.344 e. The Morgan fingerprint density at radius 3 is 2.56 bits per heavy atom. The van der Waals surface area contributed by atoms with Gasteiger partial charge in [0.15, 0.2) is 12.4 Å². The highest BCUT2D eigenvalue weighted by Crippen LogP contribution is 2.31. The number of hydrogen-bond acceptors (Lipinski definition) is 5. The summed E-state index contributed by atoms with van der Waals surface area (Å²) >= 11 is 0. The van der Waals surface area contributed by atoms with Gasteiger partial charge in [0.25, 0.3) is 0 Å². The lowest BCUT2D eigenvalue weighted by atomic mass is 10.1. The van der Waals surface area contributed by atoms with Crippen molar-refractivity contribution < 1.29 is 18.7 Å². The molecule has 0 saturated carbocycles. The molecule has 0 N–H and O–H groups in total. The van der Waals surface area contributed by atoms with Gasteiger partial charge >= 0.3 is 5.97 Å². The summed E-state index contributed by atoms with van der Waals surface area (Å²) in [5.74, 6) is 0.0170. The first-order valence-electron chi connectivity index (χ1n) is 8.87. The first-order valence-corrected chi connectivity index (χ1v) is 8.87. The molecule has 1 heterocycles. The number of esters is 1. The molecule has 0 fully saturated rings. The number of fused-ring (bicyclic) bond motifs is 1. The zero-order valence-electron chi connectivity index (χ0n) is 15.7. The van der Waals surface area contributed by atoms with Crippen molar-refractivity contribution in [3.63, 3.8) is 0 Å². The maximum atomic E-state index is 13.0. The molecule has 0 aliphatic rings. The third-order valence-corrected chi connectivity index (χ3v) is 3.95. The Morgan fingerprint density at radius 1 is 1.11 bits per heavy atom. The van der Waals surface area contributed by atoms with Crippen LogP contribution in [-0.4, -0.2) is 19.2 Å². The van der Waals surface area contributed by atoms with E-state index in [1.165, 1.54) is 0 Å². The maximum absolute atomic E-state index is 13.0. The molecule has 0 saturated heterocycles. The number of ether oxygens (including phenoxy) is 2. The van der Waals surface area contributed by atoms with Crippen LogP contribution in [0.5, 0.6) is 5.75 Å². The first-order chi connectivity index (χ1) is 13.0. The maximum Gasteiger partial charge on any atom is 0.344 e. The number of carbonyl (C=O) groups excluding carboxylic acids is 1. The molecule has 140 valence electrons. The fourth-order valence-electron chi connectivity index (χ4n) is 2.63. The largest absolute Gasteiger partial charge is 0.474 e. The summed E-state index contributed by atoms with van der Waals surface area (Å²) in [6, 6.07) is 14.6. The number of aryl methyl sites for hydroxylation is 1. The van der Waals surface area contributed by atoms with Crippen molar-refractivity contribution in [2.45, 2.75) is 20.8 Å². The Bertz CT molecular complexity index is 1000. The normalized spacial score (nSPS) is 11.0. The minimum absolute atomic E-state index is 0.0130. The lowest BCUT2D eigenvalue weighted by molar-refractivity contribution is -0.147. The number of rotatable bonds is 6. The van der Waals surface area contributed by atoms with Crippen LogP contribution >= 0.6 is 0 Å². The lowest BCUT2D eigenvalue weighted by Gasteiger charge is -2.12. The molecule has 5 heteroatoms. The standard InChI is InChI=1S/C22H22O5/c1-14(2)12-25-19(23)13-26-22-20(24)17-10-9-15(3)11-18(17)27-21(22)16-7-5-4-6-8-16/h4-11,14H,12-13H2,1-3H3. The van der Waals surface area contributed by atoms with Crippen LogP contribution in [0.1, 0.15) is 19.4 Å². The quantitative estimate of drug-likeness (QED) is 0.607. The van der Waals surface area contributed by atoms with E-state index in [9.17, 15) is 9.59 Å². The van der Waals surface area contributed by atoms with Crippen molar-refractivity contribution in [1.29, 1.82) is 0 Å². The number of hydrogen-bond donors (Lipinski definition) is 0. The molecule has 0 bridgehead atoms. The van der Waals surface area contributed by atoms with Crippen molar-refractivity contribution in [3.05, 3.63) is 64.3 Å². The van der Waals surface area contributed by atoms with Crippen LogP contribution in [0.15, 0.2) is 57.7 Å². The summed E-state index contributed by atoms with van der Waals surface area (Å²) in [4.78, 5) is 24.9. The third-order valence-electron chi connectivity index (χ3n) is 3.95. The van der Waals surface area contributed by atoms with E-state index >= 15 is 0 Å². The second kappa shape index (κ2) is 8.08. The Labute approximate surface area is 157 Å². The minimum atomic E-state index is -0.522. The Morgan fingerprint density at radius 2 is 1.85 bits per heavy atom. The molecule has 0 aliphatic heterocycles. The van der Waals surface area contributed by atoms with Crippen LogP contribution in [0.2, 0.25) is 0 Å². The van der Waals surface area contributed by atoms with Gasteiger partial charge in [-0.2, -0.15) is 0 Å². The highest BCUT2D eigenvalue weighted by molar-refractivity contribution is 5.82. The average Bonchev–Trinajstić information content (AvgIpc) is 2.66. The third kappa shape index (κ3) is 4.37. The van der Waals surface area contributed by atoms with Gasteiger partial charge in [0, 0.05) is 5.56 Å². The van der Waals surface area contributed by atoms with Crippen molar-refractivity contribution >= 4 is 16.9 Å². The van der Waals surface area contributed by atoms with Gasteiger partial charge in [-0.1, -0.05) is 50.2 Å². The van der Waals surface area contributed by atoms with E-state index in [4.69, 9.17) is 13.9 Å². The number of benzene rings is 2. The minimum Gasteiger partial charge on any atom is -0.474 e. The summed E-state index contributed by atoms with van der Waals surface area (Å²) in [5, 5.41) is 0.408. The highest BCUT2D eigenvalue weighted by atomic mass is 16.6. The van der Waals surface area contributed by atoms with Crippen LogP contribution in [0, 0.1) is 12.8 Å². The molecule has 27 heavy (non-hydrogen) atoms.